The molecular weight excluding hydrogens is 327 g/mol. The van der Waals surface area contributed by atoms with Gasteiger partial charge in [-0.2, -0.15) is 0 Å². The van der Waals surface area contributed by atoms with Crippen LogP contribution >= 0.6 is 11.3 Å². The van der Waals surface area contributed by atoms with Gasteiger partial charge in [-0.1, -0.05) is 12.1 Å². The van der Waals surface area contributed by atoms with Gasteiger partial charge >= 0.3 is 0 Å². The third-order valence-electron chi connectivity index (χ3n) is 4.20. The summed E-state index contributed by atoms with van der Waals surface area (Å²) in [5, 5.41) is 3.88. The Morgan fingerprint density at radius 2 is 2.21 bits per heavy atom. The molecule has 128 valence electrons. The van der Waals surface area contributed by atoms with Crippen LogP contribution in [0.3, 0.4) is 0 Å². The van der Waals surface area contributed by atoms with Gasteiger partial charge in [0.1, 0.15) is 10.7 Å². The first-order chi connectivity index (χ1) is 11.5. The Balaban J connectivity index is 1.66. The highest BCUT2D eigenvalue weighted by atomic mass is 32.1. The predicted molar refractivity (Wildman–Crippen MR) is 92.0 cm³/mol. The van der Waals surface area contributed by atoms with Crippen molar-refractivity contribution in [2.24, 2.45) is 0 Å². The van der Waals surface area contributed by atoms with Gasteiger partial charge in [-0.15, -0.1) is 11.3 Å². The molecule has 24 heavy (non-hydrogen) atoms. The van der Waals surface area contributed by atoms with Crippen molar-refractivity contribution in [2.75, 3.05) is 6.61 Å². The maximum absolute atomic E-state index is 13.0. The molecule has 0 aliphatic carbocycles. The molecule has 0 unspecified atom stereocenters. The number of thiazole rings is 1. The Hall–Kier alpha value is -1.79. The van der Waals surface area contributed by atoms with Gasteiger partial charge in [0, 0.05) is 13.0 Å². The van der Waals surface area contributed by atoms with E-state index in [1.165, 1.54) is 23.5 Å². The number of hydrogen-bond donors (Lipinski definition) is 1. The van der Waals surface area contributed by atoms with Crippen molar-refractivity contribution in [3.05, 3.63) is 51.2 Å². The fourth-order valence-electron chi connectivity index (χ4n) is 2.88. The number of halogens is 1. The highest BCUT2D eigenvalue weighted by Gasteiger charge is 2.25. The summed E-state index contributed by atoms with van der Waals surface area (Å²) in [5.41, 5.74) is 1.71. The number of nitrogens with zero attached hydrogens (tertiary/aromatic N) is 1. The van der Waals surface area contributed by atoms with Crippen molar-refractivity contribution >= 4 is 17.2 Å². The molecule has 3 rings (SSSR count). The van der Waals surface area contributed by atoms with Gasteiger partial charge in [0.15, 0.2) is 0 Å². The van der Waals surface area contributed by atoms with Crippen LogP contribution in [0.4, 0.5) is 4.39 Å². The van der Waals surface area contributed by atoms with Crippen LogP contribution in [-0.4, -0.2) is 29.6 Å². The Kier molecular flexibility index (Phi) is 5.26. The van der Waals surface area contributed by atoms with Crippen LogP contribution < -0.4 is 5.32 Å². The standard InChI is InChI=1S/C18H21FN2O2S/c1-11(15-4-3-9-23-15)21-18(22)17-12(2)20-16(24-17)10-13-5-7-14(19)8-6-13/h5-8,11,15H,3-4,9-10H2,1-2H3,(H,21,22)/t11-,15-/m1/s1. The van der Waals surface area contributed by atoms with E-state index in [9.17, 15) is 9.18 Å². The molecule has 1 aromatic carbocycles. The fraction of sp³-hybridized carbons (Fsp3) is 0.444. The van der Waals surface area contributed by atoms with E-state index in [0.717, 1.165) is 35.7 Å². The summed E-state index contributed by atoms with van der Waals surface area (Å²) in [6.07, 6.45) is 2.73. The van der Waals surface area contributed by atoms with Gasteiger partial charge in [0.25, 0.3) is 5.91 Å². The molecule has 1 aliphatic heterocycles. The van der Waals surface area contributed by atoms with Gasteiger partial charge in [0.05, 0.1) is 22.8 Å². The lowest BCUT2D eigenvalue weighted by atomic mass is 10.1. The topological polar surface area (TPSA) is 51.2 Å². The number of aryl methyl sites for hydroxylation is 1. The van der Waals surface area contributed by atoms with Gasteiger partial charge in [-0.3, -0.25) is 4.79 Å². The summed E-state index contributed by atoms with van der Waals surface area (Å²) in [7, 11) is 0. The molecule has 2 atom stereocenters. The van der Waals surface area contributed by atoms with E-state index in [4.69, 9.17) is 4.74 Å². The molecule has 1 fully saturated rings. The molecule has 0 saturated carbocycles. The lowest BCUT2D eigenvalue weighted by Gasteiger charge is -2.19. The first kappa shape index (κ1) is 17.0. The largest absolute Gasteiger partial charge is 0.376 e. The van der Waals surface area contributed by atoms with Gasteiger partial charge in [-0.05, 0) is 44.4 Å². The molecule has 6 heteroatoms. The third kappa shape index (κ3) is 3.99. The number of amides is 1. The second-order valence-corrected chi connectivity index (χ2v) is 7.22. The second-order valence-electron chi connectivity index (χ2n) is 6.14. The second kappa shape index (κ2) is 7.40. The number of benzene rings is 1. The summed E-state index contributed by atoms with van der Waals surface area (Å²) >= 11 is 1.39. The first-order valence-corrected chi connectivity index (χ1v) is 8.98. The van der Waals surface area contributed by atoms with E-state index in [0.29, 0.717) is 11.3 Å². The first-order valence-electron chi connectivity index (χ1n) is 8.16. The smallest absolute Gasteiger partial charge is 0.263 e. The molecule has 0 bridgehead atoms. The van der Waals surface area contributed by atoms with Crippen LogP contribution in [0.15, 0.2) is 24.3 Å². The number of ether oxygens (including phenoxy) is 1. The minimum absolute atomic E-state index is 0.0120. The van der Waals surface area contributed by atoms with Crippen LogP contribution in [0, 0.1) is 12.7 Å². The number of hydrogen-bond acceptors (Lipinski definition) is 4. The van der Waals surface area contributed by atoms with E-state index in [1.54, 1.807) is 12.1 Å². The highest BCUT2D eigenvalue weighted by molar-refractivity contribution is 7.13. The molecule has 2 heterocycles. The molecule has 1 aromatic heterocycles. The average Bonchev–Trinajstić information content (AvgIpc) is 3.19. The van der Waals surface area contributed by atoms with Crippen LogP contribution in [0.5, 0.6) is 0 Å². The van der Waals surface area contributed by atoms with Crippen molar-refractivity contribution < 1.29 is 13.9 Å². The quantitative estimate of drug-likeness (QED) is 0.900. The number of carbonyl (C=O) groups excluding carboxylic acids is 1. The Labute approximate surface area is 145 Å². The lowest BCUT2D eigenvalue weighted by molar-refractivity contribution is 0.0714. The highest BCUT2D eigenvalue weighted by Crippen LogP contribution is 2.22. The molecule has 4 nitrogen and oxygen atoms in total. The summed E-state index contributed by atoms with van der Waals surface area (Å²) in [6.45, 7) is 4.59. The van der Waals surface area contributed by atoms with Crippen LogP contribution in [-0.2, 0) is 11.2 Å². The van der Waals surface area contributed by atoms with Gasteiger partial charge < -0.3 is 10.1 Å². The monoisotopic (exact) mass is 348 g/mol. The molecule has 2 aromatic rings. The number of aromatic nitrogens is 1. The van der Waals surface area contributed by atoms with Gasteiger partial charge in [0.2, 0.25) is 0 Å². The Morgan fingerprint density at radius 1 is 1.46 bits per heavy atom. The molecule has 1 N–H and O–H groups in total. The molecular formula is C18H21FN2O2S. The minimum atomic E-state index is -0.253. The van der Waals surface area contributed by atoms with Crippen LogP contribution in [0.25, 0.3) is 0 Å². The SMILES string of the molecule is Cc1nc(Cc2ccc(F)cc2)sc1C(=O)N[C@H](C)[C@H]1CCCO1. The number of rotatable bonds is 5. The Morgan fingerprint density at radius 3 is 2.88 bits per heavy atom. The maximum Gasteiger partial charge on any atom is 0.263 e. The summed E-state index contributed by atoms with van der Waals surface area (Å²) in [4.78, 5) is 17.6. The number of nitrogens with one attached hydrogen (secondary N) is 1. The molecule has 1 amide bonds. The molecule has 0 radical (unpaired) electrons. The number of carbonyl (C=O) groups is 1. The van der Waals surface area contributed by atoms with E-state index in [1.807, 2.05) is 13.8 Å². The lowest BCUT2D eigenvalue weighted by Crippen LogP contribution is -2.40. The van der Waals surface area contributed by atoms with E-state index in [-0.39, 0.29) is 23.9 Å². The zero-order valence-electron chi connectivity index (χ0n) is 13.8. The fourth-order valence-corrected chi connectivity index (χ4v) is 3.88. The predicted octanol–water partition coefficient (Wildman–Crippen LogP) is 3.48. The van der Waals surface area contributed by atoms with E-state index >= 15 is 0 Å². The summed E-state index contributed by atoms with van der Waals surface area (Å²) in [5.74, 6) is -0.351. The molecule has 0 spiro atoms. The van der Waals surface area contributed by atoms with E-state index in [2.05, 4.69) is 10.3 Å². The molecule has 1 aliphatic rings. The summed E-state index contributed by atoms with van der Waals surface area (Å²) < 4.78 is 18.6. The van der Waals surface area contributed by atoms with Crippen LogP contribution in [0.1, 0.15) is 45.7 Å². The van der Waals surface area contributed by atoms with Crippen molar-refractivity contribution in [1.29, 1.82) is 0 Å². The summed E-state index contributed by atoms with van der Waals surface area (Å²) in [6, 6.07) is 6.35. The minimum Gasteiger partial charge on any atom is -0.376 e. The van der Waals surface area contributed by atoms with Crippen molar-refractivity contribution in [3.8, 4) is 0 Å². The van der Waals surface area contributed by atoms with Crippen LogP contribution in [0.2, 0.25) is 0 Å². The van der Waals surface area contributed by atoms with E-state index < -0.39 is 0 Å². The zero-order chi connectivity index (χ0) is 17.1. The molecule has 1 saturated heterocycles. The van der Waals surface area contributed by atoms with Crippen molar-refractivity contribution in [2.45, 2.75) is 45.3 Å². The van der Waals surface area contributed by atoms with Crippen molar-refractivity contribution in [3.63, 3.8) is 0 Å². The third-order valence-corrected chi connectivity index (χ3v) is 5.35. The zero-order valence-corrected chi connectivity index (χ0v) is 14.7. The van der Waals surface area contributed by atoms with Gasteiger partial charge in [-0.25, -0.2) is 9.37 Å². The normalized spacial score (nSPS) is 18.5. The van der Waals surface area contributed by atoms with Crippen molar-refractivity contribution in [1.82, 2.24) is 10.3 Å². The maximum atomic E-state index is 13.0. The average molecular weight is 348 g/mol. The Bertz CT molecular complexity index is 708.